The molecule has 2 aromatic rings. The number of carbonyl (C=O) groups excluding carboxylic acids is 1. The Hall–Kier alpha value is -1.77. The molecule has 3 rings (SSSR count). The highest BCUT2D eigenvalue weighted by atomic mass is 16.5. The van der Waals surface area contributed by atoms with Gasteiger partial charge in [0.2, 0.25) is 5.88 Å². The molecule has 0 N–H and O–H groups in total. The Bertz CT molecular complexity index is 625. The molecule has 19 heavy (non-hydrogen) atoms. The molecule has 1 aromatic carbocycles. The molecular formula is C16H19NO2. The van der Waals surface area contributed by atoms with Gasteiger partial charge in [0.05, 0.1) is 17.7 Å². The van der Waals surface area contributed by atoms with E-state index in [-0.39, 0.29) is 11.7 Å². The van der Waals surface area contributed by atoms with Gasteiger partial charge in [-0.1, -0.05) is 32.0 Å². The van der Waals surface area contributed by atoms with Crippen LogP contribution in [0.4, 0.5) is 0 Å². The van der Waals surface area contributed by atoms with Crippen LogP contribution in [-0.4, -0.2) is 17.0 Å². The van der Waals surface area contributed by atoms with Crippen LogP contribution < -0.4 is 4.74 Å². The lowest BCUT2D eigenvalue weighted by Crippen LogP contribution is -2.10. The minimum Gasteiger partial charge on any atom is -0.478 e. The number of aromatic nitrogens is 1. The number of aryl methyl sites for hydroxylation is 1. The van der Waals surface area contributed by atoms with E-state index in [2.05, 4.69) is 10.6 Å². The van der Waals surface area contributed by atoms with Gasteiger partial charge in [-0.15, -0.1) is 0 Å². The Kier molecular flexibility index (Phi) is 3.05. The topological polar surface area (TPSA) is 31.2 Å². The molecular weight excluding hydrogens is 238 g/mol. The van der Waals surface area contributed by atoms with E-state index in [0.717, 1.165) is 41.7 Å². The minimum atomic E-state index is -0.0117. The van der Waals surface area contributed by atoms with Crippen LogP contribution in [0.15, 0.2) is 24.3 Å². The normalized spacial score (nSPS) is 15.1. The Morgan fingerprint density at radius 1 is 1.26 bits per heavy atom. The number of hydrogen-bond donors (Lipinski definition) is 0. The lowest BCUT2D eigenvalue weighted by Gasteiger charge is -2.09. The van der Waals surface area contributed by atoms with Crippen molar-refractivity contribution in [3.05, 3.63) is 29.8 Å². The van der Waals surface area contributed by atoms with E-state index in [4.69, 9.17) is 4.74 Å². The number of benzene rings is 1. The van der Waals surface area contributed by atoms with Crippen molar-refractivity contribution >= 4 is 16.7 Å². The number of Topliss-reactive ketones (excluding diaryl/α,β-unsaturated/α-hetero) is 1. The molecule has 1 aliphatic rings. The molecule has 0 fully saturated rings. The first-order chi connectivity index (χ1) is 9.20. The Balaban J connectivity index is 2.29. The third-order valence-corrected chi connectivity index (χ3v) is 3.71. The lowest BCUT2D eigenvalue weighted by atomic mass is 10.0. The second kappa shape index (κ2) is 4.72. The van der Waals surface area contributed by atoms with E-state index >= 15 is 0 Å². The molecule has 0 unspecified atom stereocenters. The molecule has 2 heterocycles. The number of nitrogens with zero attached hydrogens (tertiary/aromatic N) is 1. The van der Waals surface area contributed by atoms with Crippen LogP contribution >= 0.6 is 0 Å². The summed E-state index contributed by atoms with van der Waals surface area (Å²) in [5.74, 6) is 0.937. The largest absolute Gasteiger partial charge is 0.478 e. The molecule has 0 saturated carbocycles. The highest BCUT2D eigenvalue weighted by molar-refractivity contribution is 6.11. The van der Waals surface area contributed by atoms with Crippen molar-refractivity contribution in [3.63, 3.8) is 0 Å². The van der Waals surface area contributed by atoms with Crippen LogP contribution in [0.1, 0.15) is 37.0 Å². The average Bonchev–Trinajstić information content (AvgIpc) is 2.57. The number of ketones is 1. The predicted molar refractivity (Wildman–Crippen MR) is 75.8 cm³/mol. The standard InChI is InChI=1S/C16H19NO2/c1-11(2)15(18)14-12-7-3-4-8-13(12)17-9-5-6-10-19-16(14)17/h3-4,7-8,11H,5-6,9-10H2,1-2H3. The van der Waals surface area contributed by atoms with Gasteiger partial charge in [-0.05, 0) is 18.9 Å². The summed E-state index contributed by atoms with van der Waals surface area (Å²) >= 11 is 0. The van der Waals surface area contributed by atoms with Crippen molar-refractivity contribution < 1.29 is 9.53 Å². The molecule has 3 nitrogen and oxygen atoms in total. The molecule has 0 amide bonds. The number of fused-ring (bicyclic) bond motifs is 3. The number of carbonyl (C=O) groups is 1. The SMILES string of the molecule is CC(C)C(=O)c1c2n(c3ccccc13)CCCCO2. The van der Waals surface area contributed by atoms with Crippen molar-refractivity contribution in [2.45, 2.75) is 33.2 Å². The summed E-state index contributed by atoms with van der Waals surface area (Å²) in [7, 11) is 0. The summed E-state index contributed by atoms with van der Waals surface area (Å²) in [6.07, 6.45) is 2.15. The van der Waals surface area contributed by atoms with E-state index in [1.807, 2.05) is 32.0 Å². The molecule has 0 saturated heterocycles. The third-order valence-electron chi connectivity index (χ3n) is 3.71. The Morgan fingerprint density at radius 2 is 2.05 bits per heavy atom. The Morgan fingerprint density at radius 3 is 2.84 bits per heavy atom. The van der Waals surface area contributed by atoms with Crippen LogP contribution in [0.2, 0.25) is 0 Å². The molecule has 1 aromatic heterocycles. The van der Waals surface area contributed by atoms with Crippen LogP contribution in [-0.2, 0) is 6.54 Å². The summed E-state index contributed by atoms with van der Waals surface area (Å²) in [6.45, 7) is 5.52. The summed E-state index contributed by atoms with van der Waals surface area (Å²) < 4.78 is 8.04. The monoisotopic (exact) mass is 257 g/mol. The maximum absolute atomic E-state index is 12.5. The summed E-state index contributed by atoms with van der Waals surface area (Å²) in [4.78, 5) is 12.5. The fraction of sp³-hybridized carbons (Fsp3) is 0.438. The van der Waals surface area contributed by atoms with Crippen LogP contribution in [0, 0.1) is 5.92 Å². The zero-order valence-corrected chi connectivity index (χ0v) is 11.5. The van der Waals surface area contributed by atoms with E-state index in [1.54, 1.807) is 0 Å². The molecule has 0 spiro atoms. The second-order valence-corrected chi connectivity index (χ2v) is 5.42. The summed E-state index contributed by atoms with van der Waals surface area (Å²) in [5, 5.41) is 1.03. The first-order valence-corrected chi connectivity index (χ1v) is 6.98. The van der Waals surface area contributed by atoms with Crippen molar-refractivity contribution in [1.29, 1.82) is 0 Å². The van der Waals surface area contributed by atoms with Gasteiger partial charge in [0.25, 0.3) is 0 Å². The lowest BCUT2D eigenvalue weighted by molar-refractivity contribution is 0.0936. The van der Waals surface area contributed by atoms with Crippen LogP contribution in [0.5, 0.6) is 5.88 Å². The van der Waals surface area contributed by atoms with Crippen molar-refractivity contribution in [2.24, 2.45) is 5.92 Å². The molecule has 0 atom stereocenters. The minimum absolute atomic E-state index is 0.0117. The fourth-order valence-electron chi connectivity index (χ4n) is 2.72. The molecule has 3 heteroatoms. The highest BCUT2D eigenvalue weighted by Gasteiger charge is 2.26. The van der Waals surface area contributed by atoms with Crippen LogP contribution in [0.3, 0.4) is 0 Å². The van der Waals surface area contributed by atoms with E-state index < -0.39 is 0 Å². The number of rotatable bonds is 2. The Labute approximate surface area is 113 Å². The van der Waals surface area contributed by atoms with Gasteiger partial charge < -0.3 is 9.30 Å². The first kappa shape index (κ1) is 12.3. The number of ether oxygens (including phenoxy) is 1. The van der Waals surface area contributed by atoms with E-state index in [0.29, 0.717) is 6.61 Å². The van der Waals surface area contributed by atoms with Crippen LogP contribution in [0.25, 0.3) is 10.9 Å². The zero-order chi connectivity index (χ0) is 13.4. The predicted octanol–water partition coefficient (Wildman–Crippen LogP) is 3.65. The number of para-hydroxylation sites is 1. The van der Waals surface area contributed by atoms with Gasteiger partial charge in [-0.3, -0.25) is 4.79 Å². The fourth-order valence-corrected chi connectivity index (χ4v) is 2.72. The first-order valence-electron chi connectivity index (χ1n) is 6.98. The zero-order valence-electron chi connectivity index (χ0n) is 11.5. The summed E-state index contributed by atoms with van der Waals surface area (Å²) in [5.41, 5.74) is 1.89. The van der Waals surface area contributed by atoms with E-state index in [9.17, 15) is 4.79 Å². The maximum Gasteiger partial charge on any atom is 0.205 e. The molecule has 0 bridgehead atoms. The number of hydrogen-bond acceptors (Lipinski definition) is 2. The summed E-state index contributed by atoms with van der Waals surface area (Å²) in [6, 6.07) is 8.10. The molecule has 1 aliphatic heterocycles. The van der Waals surface area contributed by atoms with Gasteiger partial charge in [-0.2, -0.15) is 0 Å². The molecule has 100 valence electrons. The van der Waals surface area contributed by atoms with E-state index in [1.165, 1.54) is 0 Å². The molecule has 0 aliphatic carbocycles. The average molecular weight is 257 g/mol. The van der Waals surface area contributed by atoms with Crippen molar-refractivity contribution in [1.82, 2.24) is 4.57 Å². The molecule has 0 radical (unpaired) electrons. The smallest absolute Gasteiger partial charge is 0.205 e. The van der Waals surface area contributed by atoms with Gasteiger partial charge in [-0.25, -0.2) is 0 Å². The van der Waals surface area contributed by atoms with Gasteiger partial charge in [0.15, 0.2) is 5.78 Å². The third kappa shape index (κ3) is 1.93. The van der Waals surface area contributed by atoms with Gasteiger partial charge >= 0.3 is 0 Å². The second-order valence-electron chi connectivity index (χ2n) is 5.42. The quantitative estimate of drug-likeness (QED) is 0.769. The maximum atomic E-state index is 12.5. The van der Waals surface area contributed by atoms with Crippen molar-refractivity contribution in [3.8, 4) is 5.88 Å². The van der Waals surface area contributed by atoms with Gasteiger partial charge in [0, 0.05) is 17.8 Å². The van der Waals surface area contributed by atoms with Gasteiger partial charge in [0.1, 0.15) is 0 Å². The van der Waals surface area contributed by atoms with Crippen molar-refractivity contribution in [2.75, 3.05) is 6.61 Å². The highest BCUT2D eigenvalue weighted by Crippen LogP contribution is 2.35.